The van der Waals surface area contributed by atoms with Gasteiger partial charge in [-0.05, 0) is 57.7 Å². The number of benzene rings is 3. The molecule has 0 fully saturated rings. The van der Waals surface area contributed by atoms with Crippen molar-refractivity contribution in [3.05, 3.63) is 126 Å². The van der Waals surface area contributed by atoms with Crippen LogP contribution in [-0.4, -0.2) is 69.5 Å². The van der Waals surface area contributed by atoms with Crippen LogP contribution in [0, 0.1) is 5.41 Å². The molecule has 1 aromatic heterocycles. The van der Waals surface area contributed by atoms with Crippen molar-refractivity contribution < 1.29 is 29.3 Å². The van der Waals surface area contributed by atoms with Crippen molar-refractivity contribution in [2.75, 3.05) is 13.7 Å². The number of rotatable bonds is 14. The molecule has 5 rings (SSSR count). The largest absolute Gasteiger partial charge is 0.453 e. The van der Waals surface area contributed by atoms with Gasteiger partial charge >= 0.3 is 6.09 Å². The summed E-state index contributed by atoms with van der Waals surface area (Å²) in [6.07, 6.45) is 2.83. The Hall–Kier alpha value is -5.10. The Morgan fingerprint density at radius 2 is 1.63 bits per heavy atom. The van der Waals surface area contributed by atoms with Gasteiger partial charge in [-0.3, -0.25) is 20.0 Å². The maximum absolute atomic E-state index is 14.0. The number of aliphatic hydroxyl groups is 2. The molecule has 0 unspecified atom stereocenters. The standard InChI is InChI=1S/C41H49N5O6/c1-40(2,3)36(44-39(50)52-4)37(48)45-46(27-29-17-19-30(20-18-29)32-15-10-22-42-26-32)23-11-21-41(51,25-28-12-6-5-7-13-28)38(49)43-35-33-16-9-8-14-31(33)24-34(35)47/h5-10,12-20,22,26,34-36,47,51H,11,21,23-25,27H2,1-4H3,(H,43,49)(H,44,50)(H,45,48)/t34-,35+,36-,41-/m1/s1. The summed E-state index contributed by atoms with van der Waals surface area (Å²) in [4.78, 5) is 44.1. The lowest BCUT2D eigenvalue weighted by atomic mass is 9.86. The number of aromatic nitrogens is 1. The molecule has 4 atom stereocenters. The first-order chi connectivity index (χ1) is 24.9. The molecule has 1 heterocycles. The van der Waals surface area contributed by atoms with E-state index in [4.69, 9.17) is 4.74 Å². The Kier molecular flexibility index (Phi) is 12.4. The number of nitrogens with one attached hydrogen (secondary N) is 3. The fourth-order valence-corrected chi connectivity index (χ4v) is 6.61. The van der Waals surface area contributed by atoms with E-state index in [1.54, 1.807) is 17.4 Å². The minimum atomic E-state index is -1.82. The lowest BCUT2D eigenvalue weighted by Crippen LogP contribution is -2.57. The Bertz CT molecular complexity index is 1800. The molecule has 3 aromatic carbocycles. The van der Waals surface area contributed by atoms with Crippen molar-refractivity contribution in [1.29, 1.82) is 0 Å². The number of hydrazine groups is 1. The minimum Gasteiger partial charge on any atom is -0.453 e. The second-order valence-corrected chi connectivity index (χ2v) is 14.5. The van der Waals surface area contributed by atoms with Crippen LogP contribution < -0.4 is 16.1 Å². The molecule has 0 bridgehead atoms. The highest BCUT2D eigenvalue weighted by Crippen LogP contribution is 2.32. The Morgan fingerprint density at radius 3 is 2.31 bits per heavy atom. The monoisotopic (exact) mass is 707 g/mol. The minimum absolute atomic E-state index is 0.0570. The highest BCUT2D eigenvalue weighted by atomic mass is 16.5. The molecule has 0 saturated carbocycles. The van der Waals surface area contributed by atoms with E-state index in [2.05, 4.69) is 21.0 Å². The molecule has 0 saturated heterocycles. The maximum atomic E-state index is 14.0. The van der Waals surface area contributed by atoms with E-state index in [1.807, 2.05) is 112 Å². The number of aliphatic hydroxyl groups excluding tert-OH is 1. The van der Waals surface area contributed by atoms with E-state index in [9.17, 15) is 24.6 Å². The SMILES string of the molecule is COC(=O)N[C@H](C(=O)NN(CCC[C@@](O)(Cc1ccccc1)C(=O)N[C@H]1c2ccccc2C[C@H]1O)Cc1ccc(-c2cccnc2)cc1)C(C)(C)C. The molecule has 274 valence electrons. The van der Waals surface area contributed by atoms with Gasteiger partial charge in [-0.25, -0.2) is 9.80 Å². The number of nitrogens with zero attached hydrogens (tertiary/aromatic N) is 2. The van der Waals surface area contributed by atoms with Gasteiger partial charge in [-0.1, -0.05) is 106 Å². The molecule has 4 aromatic rings. The quantitative estimate of drug-likeness (QED) is 0.116. The number of methoxy groups -OCH3 is 1. The van der Waals surface area contributed by atoms with Crippen molar-refractivity contribution in [2.45, 2.75) is 76.8 Å². The molecule has 0 aliphatic heterocycles. The summed E-state index contributed by atoms with van der Waals surface area (Å²) < 4.78 is 4.79. The smallest absolute Gasteiger partial charge is 0.407 e. The van der Waals surface area contributed by atoms with Crippen LogP contribution in [0.2, 0.25) is 0 Å². The van der Waals surface area contributed by atoms with E-state index in [0.717, 1.165) is 33.4 Å². The van der Waals surface area contributed by atoms with Crippen LogP contribution in [0.1, 0.15) is 61.9 Å². The number of fused-ring (bicyclic) bond motifs is 1. The highest BCUT2D eigenvalue weighted by Gasteiger charge is 2.40. The summed E-state index contributed by atoms with van der Waals surface area (Å²) in [5, 5.41) is 30.3. The summed E-state index contributed by atoms with van der Waals surface area (Å²) in [5.74, 6) is -1.01. The van der Waals surface area contributed by atoms with Crippen molar-refractivity contribution in [3.63, 3.8) is 0 Å². The van der Waals surface area contributed by atoms with Gasteiger partial charge in [-0.15, -0.1) is 0 Å². The number of pyridine rings is 1. The lowest BCUT2D eigenvalue weighted by molar-refractivity contribution is -0.142. The third kappa shape index (κ3) is 9.81. The molecule has 0 radical (unpaired) electrons. The fraction of sp³-hybridized carbons (Fsp3) is 0.366. The molecular formula is C41H49N5O6. The predicted molar refractivity (Wildman–Crippen MR) is 198 cm³/mol. The normalized spacial score (nSPS) is 17.1. The van der Waals surface area contributed by atoms with Crippen LogP contribution in [0.15, 0.2) is 103 Å². The van der Waals surface area contributed by atoms with Crippen LogP contribution in [0.25, 0.3) is 11.1 Å². The second kappa shape index (κ2) is 16.9. The van der Waals surface area contributed by atoms with Crippen molar-refractivity contribution in [3.8, 4) is 11.1 Å². The Balaban J connectivity index is 1.36. The zero-order chi connectivity index (χ0) is 37.3. The molecule has 52 heavy (non-hydrogen) atoms. The topological polar surface area (TPSA) is 153 Å². The molecule has 1 aliphatic carbocycles. The van der Waals surface area contributed by atoms with Gasteiger partial charge < -0.3 is 25.6 Å². The van der Waals surface area contributed by atoms with Crippen LogP contribution in [0.3, 0.4) is 0 Å². The lowest BCUT2D eigenvalue weighted by Gasteiger charge is -2.33. The molecular weight excluding hydrogens is 658 g/mol. The molecule has 0 spiro atoms. The third-order valence-corrected chi connectivity index (χ3v) is 9.44. The van der Waals surface area contributed by atoms with E-state index in [-0.39, 0.29) is 19.4 Å². The first kappa shape index (κ1) is 38.1. The van der Waals surface area contributed by atoms with E-state index in [1.165, 1.54) is 7.11 Å². The van der Waals surface area contributed by atoms with Gasteiger partial charge in [0.25, 0.3) is 11.8 Å². The summed E-state index contributed by atoms with van der Waals surface area (Å²) in [6, 6.07) is 27.1. The van der Waals surface area contributed by atoms with E-state index >= 15 is 0 Å². The first-order valence-electron chi connectivity index (χ1n) is 17.6. The number of carbonyl (C=O) groups is 3. The second-order valence-electron chi connectivity index (χ2n) is 14.5. The summed E-state index contributed by atoms with van der Waals surface area (Å²) >= 11 is 0. The van der Waals surface area contributed by atoms with Crippen LogP contribution >= 0.6 is 0 Å². The maximum Gasteiger partial charge on any atom is 0.407 e. The average Bonchev–Trinajstić information content (AvgIpc) is 3.45. The third-order valence-electron chi connectivity index (χ3n) is 9.44. The van der Waals surface area contributed by atoms with Crippen LogP contribution in [-0.2, 0) is 33.7 Å². The molecule has 11 heteroatoms. The summed E-state index contributed by atoms with van der Waals surface area (Å²) in [5.41, 5.74) is 5.99. The summed E-state index contributed by atoms with van der Waals surface area (Å²) in [6.45, 7) is 6.11. The van der Waals surface area contributed by atoms with Crippen molar-refractivity contribution in [2.24, 2.45) is 5.41 Å². The van der Waals surface area contributed by atoms with Gasteiger partial charge in [0.05, 0.1) is 19.3 Å². The highest BCUT2D eigenvalue weighted by molar-refractivity contribution is 5.86. The number of hydrogen-bond acceptors (Lipinski definition) is 8. The molecule has 11 nitrogen and oxygen atoms in total. The molecule has 5 N–H and O–H groups in total. The number of hydrogen-bond donors (Lipinski definition) is 5. The van der Waals surface area contributed by atoms with Gasteiger partial charge in [0.15, 0.2) is 0 Å². The number of alkyl carbamates (subject to hydrolysis) is 1. The number of carbonyl (C=O) groups excluding carboxylic acids is 3. The van der Waals surface area contributed by atoms with E-state index in [0.29, 0.717) is 19.4 Å². The predicted octanol–water partition coefficient (Wildman–Crippen LogP) is 4.88. The van der Waals surface area contributed by atoms with Gasteiger partial charge in [0, 0.05) is 38.3 Å². The summed E-state index contributed by atoms with van der Waals surface area (Å²) in [7, 11) is 1.24. The molecule has 1 aliphatic rings. The van der Waals surface area contributed by atoms with Crippen molar-refractivity contribution >= 4 is 17.9 Å². The number of ether oxygens (including phenoxy) is 1. The van der Waals surface area contributed by atoms with Crippen LogP contribution in [0.4, 0.5) is 4.79 Å². The Morgan fingerprint density at radius 1 is 0.923 bits per heavy atom. The van der Waals surface area contributed by atoms with Crippen LogP contribution in [0.5, 0.6) is 0 Å². The van der Waals surface area contributed by atoms with Gasteiger partial charge in [0.2, 0.25) is 0 Å². The van der Waals surface area contributed by atoms with E-state index < -0.39 is 47.1 Å². The zero-order valence-corrected chi connectivity index (χ0v) is 30.2. The molecule has 3 amide bonds. The van der Waals surface area contributed by atoms with Gasteiger partial charge in [0.1, 0.15) is 11.6 Å². The van der Waals surface area contributed by atoms with Crippen molar-refractivity contribution in [1.82, 2.24) is 26.1 Å². The van der Waals surface area contributed by atoms with Gasteiger partial charge in [-0.2, -0.15) is 0 Å². The Labute approximate surface area is 305 Å². The zero-order valence-electron chi connectivity index (χ0n) is 30.2. The first-order valence-corrected chi connectivity index (χ1v) is 17.6. The number of amides is 3. The average molecular weight is 708 g/mol. The fourth-order valence-electron chi connectivity index (χ4n) is 6.61.